The van der Waals surface area contributed by atoms with E-state index < -0.39 is 0 Å². The van der Waals surface area contributed by atoms with Gasteiger partial charge in [0.05, 0.1) is 5.71 Å². The van der Waals surface area contributed by atoms with Crippen LogP contribution in [0.1, 0.15) is 23.1 Å². The van der Waals surface area contributed by atoms with Gasteiger partial charge in [-0.1, -0.05) is 29.4 Å². The zero-order chi connectivity index (χ0) is 14.8. The number of hydrogen-bond acceptors (Lipinski definition) is 3. The molecule has 0 amide bonds. The van der Waals surface area contributed by atoms with Crippen LogP contribution in [-0.2, 0) is 6.54 Å². The van der Waals surface area contributed by atoms with E-state index in [9.17, 15) is 4.39 Å². The Kier molecular flexibility index (Phi) is 3.60. The Hall–Kier alpha value is -2.36. The minimum atomic E-state index is -0.204. The summed E-state index contributed by atoms with van der Waals surface area (Å²) in [7, 11) is 0. The summed E-state index contributed by atoms with van der Waals surface area (Å²) in [6.45, 7) is 3.43. The lowest BCUT2D eigenvalue weighted by atomic mass is 9.98. The highest BCUT2D eigenvalue weighted by molar-refractivity contribution is 6.06. The fraction of sp³-hybridized carbons (Fsp3) is 0.235. The molecule has 1 heterocycles. The number of aryl methyl sites for hydroxylation is 1. The third-order valence-electron chi connectivity index (χ3n) is 3.96. The summed E-state index contributed by atoms with van der Waals surface area (Å²) in [4.78, 5) is 2.24. The molecular weight excluding hydrogens is 267 g/mol. The van der Waals surface area contributed by atoms with Crippen LogP contribution in [0.2, 0.25) is 0 Å². The molecule has 0 atom stereocenters. The molecule has 0 aliphatic carbocycles. The predicted molar refractivity (Wildman–Crippen MR) is 81.6 cm³/mol. The van der Waals surface area contributed by atoms with E-state index in [0.29, 0.717) is 6.42 Å². The van der Waals surface area contributed by atoms with Gasteiger partial charge in [0, 0.05) is 30.8 Å². The first kappa shape index (κ1) is 13.6. The summed E-state index contributed by atoms with van der Waals surface area (Å²) in [5.74, 6) is -0.204. The van der Waals surface area contributed by atoms with Crippen LogP contribution in [0, 0.1) is 12.7 Å². The molecule has 1 aliphatic heterocycles. The second-order valence-corrected chi connectivity index (χ2v) is 5.31. The van der Waals surface area contributed by atoms with Crippen molar-refractivity contribution in [1.82, 2.24) is 0 Å². The van der Waals surface area contributed by atoms with Gasteiger partial charge in [-0.15, -0.1) is 0 Å². The van der Waals surface area contributed by atoms with Crippen molar-refractivity contribution in [3.63, 3.8) is 0 Å². The fourth-order valence-electron chi connectivity index (χ4n) is 2.80. The molecule has 3 nitrogen and oxygen atoms in total. The lowest BCUT2D eigenvalue weighted by molar-refractivity contribution is 0.317. The minimum absolute atomic E-state index is 0.204. The number of nitrogens with zero attached hydrogens (tertiary/aromatic N) is 2. The summed E-state index contributed by atoms with van der Waals surface area (Å²) in [5.41, 5.74) is 4.80. The molecule has 0 aromatic heterocycles. The van der Waals surface area contributed by atoms with Gasteiger partial charge in [-0.2, -0.15) is 0 Å². The van der Waals surface area contributed by atoms with Crippen LogP contribution in [0.15, 0.2) is 47.6 Å². The number of halogens is 1. The molecule has 0 spiro atoms. The van der Waals surface area contributed by atoms with E-state index in [4.69, 9.17) is 5.21 Å². The Bertz CT molecular complexity index is 697. The van der Waals surface area contributed by atoms with Crippen LogP contribution in [-0.4, -0.2) is 17.5 Å². The maximum absolute atomic E-state index is 13.2. The van der Waals surface area contributed by atoms with Gasteiger partial charge in [-0.05, 0) is 36.2 Å². The Labute approximate surface area is 123 Å². The van der Waals surface area contributed by atoms with E-state index in [1.165, 1.54) is 6.07 Å². The second kappa shape index (κ2) is 5.56. The molecule has 0 fully saturated rings. The van der Waals surface area contributed by atoms with Gasteiger partial charge in [0.25, 0.3) is 0 Å². The van der Waals surface area contributed by atoms with E-state index in [1.807, 2.05) is 37.3 Å². The molecule has 0 saturated heterocycles. The van der Waals surface area contributed by atoms with Crippen molar-refractivity contribution in [2.45, 2.75) is 19.9 Å². The first-order valence-corrected chi connectivity index (χ1v) is 6.99. The number of para-hydroxylation sites is 1. The van der Waals surface area contributed by atoms with Crippen molar-refractivity contribution in [3.8, 4) is 0 Å². The van der Waals surface area contributed by atoms with Crippen molar-refractivity contribution >= 4 is 11.4 Å². The maximum Gasteiger partial charge on any atom is 0.123 e. The van der Waals surface area contributed by atoms with E-state index in [-0.39, 0.29) is 5.82 Å². The van der Waals surface area contributed by atoms with Gasteiger partial charge in [0.15, 0.2) is 0 Å². The predicted octanol–water partition coefficient (Wildman–Crippen LogP) is 3.72. The normalized spacial score (nSPS) is 16.1. The van der Waals surface area contributed by atoms with Gasteiger partial charge >= 0.3 is 0 Å². The first-order chi connectivity index (χ1) is 10.2. The average Bonchev–Trinajstić information content (AvgIpc) is 2.50. The van der Waals surface area contributed by atoms with E-state index in [1.54, 1.807) is 6.07 Å². The minimum Gasteiger partial charge on any atom is -0.411 e. The summed E-state index contributed by atoms with van der Waals surface area (Å²) in [6, 6.07) is 12.8. The first-order valence-electron chi connectivity index (χ1n) is 6.99. The quantitative estimate of drug-likeness (QED) is 0.674. The molecule has 0 saturated carbocycles. The summed E-state index contributed by atoms with van der Waals surface area (Å²) < 4.78 is 13.2. The molecule has 1 aliphatic rings. The molecule has 108 valence electrons. The van der Waals surface area contributed by atoms with Crippen LogP contribution in [0.25, 0.3) is 0 Å². The number of fused-ring (bicyclic) bond motifs is 1. The van der Waals surface area contributed by atoms with Crippen molar-refractivity contribution in [1.29, 1.82) is 0 Å². The van der Waals surface area contributed by atoms with E-state index in [2.05, 4.69) is 10.1 Å². The summed E-state index contributed by atoms with van der Waals surface area (Å²) in [6.07, 6.45) is 0.702. The number of benzene rings is 2. The molecule has 3 rings (SSSR count). The second-order valence-electron chi connectivity index (χ2n) is 5.31. The standard InChI is InChI=1S/C17H17FN2O/c1-12-10-14(18)7-6-13(12)11-20-9-8-16(19-21)15-4-2-3-5-17(15)20/h2-7,10,21H,8-9,11H2,1H3/b19-16-. The smallest absolute Gasteiger partial charge is 0.123 e. The Morgan fingerprint density at radius 2 is 2.05 bits per heavy atom. The Morgan fingerprint density at radius 3 is 2.81 bits per heavy atom. The molecule has 0 radical (unpaired) electrons. The lowest BCUT2D eigenvalue weighted by Crippen LogP contribution is -2.32. The zero-order valence-electron chi connectivity index (χ0n) is 11.9. The number of rotatable bonds is 2. The molecule has 1 N–H and O–H groups in total. The highest BCUT2D eigenvalue weighted by atomic mass is 19.1. The molecule has 2 aromatic carbocycles. The van der Waals surface area contributed by atoms with Gasteiger partial charge in [-0.25, -0.2) is 4.39 Å². The highest BCUT2D eigenvalue weighted by Crippen LogP contribution is 2.29. The van der Waals surface area contributed by atoms with Crippen molar-refractivity contribution in [2.24, 2.45) is 5.16 Å². The van der Waals surface area contributed by atoms with Crippen molar-refractivity contribution < 1.29 is 9.60 Å². The summed E-state index contributed by atoms with van der Waals surface area (Å²) >= 11 is 0. The zero-order valence-corrected chi connectivity index (χ0v) is 11.9. The Balaban J connectivity index is 1.93. The number of anilines is 1. The monoisotopic (exact) mass is 284 g/mol. The SMILES string of the molecule is Cc1cc(F)ccc1CN1CC/C(=N/O)c2ccccc21. The third kappa shape index (κ3) is 2.61. The van der Waals surface area contributed by atoms with Gasteiger partial charge in [0.2, 0.25) is 0 Å². The van der Waals surface area contributed by atoms with Crippen molar-refractivity contribution in [2.75, 3.05) is 11.4 Å². The van der Waals surface area contributed by atoms with E-state index in [0.717, 1.165) is 41.2 Å². The van der Waals surface area contributed by atoms with Crippen LogP contribution in [0.4, 0.5) is 10.1 Å². The molecule has 21 heavy (non-hydrogen) atoms. The molecule has 4 heteroatoms. The maximum atomic E-state index is 13.2. The average molecular weight is 284 g/mol. The van der Waals surface area contributed by atoms with Crippen LogP contribution in [0.3, 0.4) is 0 Å². The van der Waals surface area contributed by atoms with Gasteiger partial charge < -0.3 is 10.1 Å². The lowest BCUT2D eigenvalue weighted by Gasteiger charge is -2.32. The number of hydrogen-bond donors (Lipinski definition) is 1. The number of oxime groups is 1. The van der Waals surface area contributed by atoms with Crippen LogP contribution < -0.4 is 4.90 Å². The molecular formula is C17H17FN2O. The molecule has 0 bridgehead atoms. The summed E-state index contributed by atoms with van der Waals surface area (Å²) in [5, 5.41) is 12.5. The molecule has 0 unspecified atom stereocenters. The van der Waals surface area contributed by atoms with Gasteiger partial charge in [-0.3, -0.25) is 0 Å². The largest absolute Gasteiger partial charge is 0.411 e. The topological polar surface area (TPSA) is 35.8 Å². The van der Waals surface area contributed by atoms with Gasteiger partial charge in [0.1, 0.15) is 5.82 Å². The van der Waals surface area contributed by atoms with Crippen LogP contribution in [0.5, 0.6) is 0 Å². The molecule has 2 aromatic rings. The third-order valence-corrected chi connectivity index (χ3v) is 3.96. The highest BCUT2D eigenvalue weighted by Gasteiger charge is 2.22. The van der Waals surface area contributed by atoms with Crippen LogP contribution >= 0.6 is 0 Å². The fourth-order valence-corrected chi connectivity index (χ4v) is 2.80. The Morgan fingerprint density at radius 1 is 1.24 bits per heavy atom. The van der Waals surface area contributed by atoms with Crippen molar-refractivity contribution in [3.05, 3.63) is 65.0 Å². The van der Waals surface area contributed by atoms with E-state index >= 15 is 0 Å².